The molecule has 138 valence electrons. The van der Waals surface area contributed by atoms with Crippen molar-refractivity contribution in [3.05, 3.63) is 29.5 Å². The molecule has 1 aromatic heterocycles. The lowest BCUT2D eigenvalue weighted by Gasteiger charge is -2.30. The maximum absolute atomic E-state index is 9.63. The van der Waals surface area contributed by atoms with Crippen LogP contribution in [0, 0.1) is 16.7 Å². The average molecular weight is 420 g/mol. The molecule has 0 aromatic carbocycles. The van der Waals surface area contributed by atoms with Gasteiger partial charge in [0.15, 0.2) is 5.82 Å². The van der Waals surface area contributed by atoms with Crippen LogP contribution in [0.1, 0.15) is 25.0 Å². The molecule has 0 spiro atoms. The van der Waals surface area contributed by atoms with Crippen molar-refractivity contribution in [2.45, 2.75) is 19.3 Å². The normalized spacial score (nSPS) is 15.9. The van der Waals surface area contributed by atoms with Crippen LogP contribution in [0.15, 0.2) is 23.3 Å². The third kappa shape index (κ3) is 4.39. The number of anilines is 1. The SMILES string of the molecule is CC(C)(C#N)c1cc(N2CCOCC2)nc(/N=C(N)\C=C/N)c1C(=N)Br. The van der Waals surface area contributed by atoms with Crippen molar-refractivity contribution in [2.24, 2.45) is 16.5 Å². The highest BCUT2D eigenvalue weighted by atomic mass is 79.9. The van der Waals surface area contributed by atoms with Crippen LogP contribution in [0.5, 0.6) is 0 Å². The van der Waals surface area contributed by atoms with Gasteiger partial charge in [0.2, 0.25) is 0 Å². The molecule has 0 aliphatic carbocycles. The Morgan fingerprint density at radius 3 is 2.69 bits per heavy atom. The fourth-order valence-corrected chi connectivity index (χ4v) is 2.97. The largest absolute Gasteiger partial charge is 0.404 e. The molecule has 0 radical (unpaired) electrons. The van der Waals surface area contributed by atoms with E-state index in [1.54, 1.807) is 13.8 Å². The molecule has 2 heterocycles. The predicted molar refractivity (Wildman–Crippen MR) is 106 cm³/mol. The number of hydrogen-bond donors (Lipinski definition) is 3. The van der Waals surface area contributed by atoms with E-state index < -0.39 is 5.41 Å². The van der Waals surface area contributed by atoms with Gasteiger partial charge in [-0.05, 0) is 53.7 Å². The zero-order chi connectivity index (χ0) is 19.3. The first-order valence-electron chi connectivity index (χ1n) is 8.06. The van der Waals surface area contributed by atoms with E-state index in [-0.39, 0.29) is 16.3 Å². The number of nitrogens with zero attached hydrogens (tertiary/aromatic N) is 4. The summed E-state index contributed by atoms with van der Waals surface area (Å²) < 4.78 is 5.48. The maximum Gasteiger partial charge on any atom is 0.166 e. The van der Waals surface area contributed by atoms with Crippen molar-refractivity contribution in [3.8, 4) is 6.07 Å². The highest BCUT2D eigenvalue weighted by Crippen LogP contribution is 2.35. The third-order valence-electron chi connectivity index (χ3n) is 4.00. The van der Waals surface area contributed by atoms with Gasteiger partial charge in [-0.3, -0.25) is 5.41 Å². The molecule has 1 aliphatic rings. The minimum atomic E-state index is -0.845. The molecule has 1 aliphatic heterocycles. The molecule has 1 saturated heterocycles. The molecule has 26 heavy (non-hydrogen) atoms. The van der Waals surface area contributed by atoms with Gasteiger partial charge in [0.1, 0.15) is 16.3 Å². The minimum absolute atomic E-state index is 0.0835. The van der Waals surface area contributed by atoms with Crippen LogP contribution < -0.4 is 16.4 Å². The van der Waals surface area contributed by atoms with Gasteiger partial charge >= 0.3 is 0 Å². The molecule has 0 atom stereocenters. The van der Waals surface area contributed by atoms with Gasteiger partial charge < -0.3 is 21.1 Å². The Morgan fingerprint density at radius 1 is 1.50 bits per heavy atom. The van der Waals surface area contributed by atoms with E-state index >= 15 is 0 Å². The van der Waals surface area contributed by atoms with Gasteiger partial charge in [0.25, 0.3) is 0 Å². The molecule has 0 amide bonds. The van der Waals surface area contributed by atoms with E-state index in [0.29, 0.717) is 43.2 Å². The third-order valence-corrected chi connectivity index (χ3v) is 4.39. The van der Waals surface area contributed by atoms with Gasteiger partial charge in [-0.15, -0.1) is 0 Å². The van der Waals surface area contributed by atoms with Crippen LogP contribution >= 0.6 is 15.9 Å². The molecule has 2 rings (SSSR count). The molecular weight excluding hydrogens is 398 g/mol. The Balaban J connectivity index is 2.73. The fraction of sp³-hybridized carbons (Fsp3) is 0.412. The second kappa shape index (κ2) is 8.29. The zero-order valence-electron chi connectivity index (χ0n) is 14.8. The predicted octanol–water partition coefficient (Wildman–Crippen LogP) is 1.90. The molecule has 0 saturated carbocycles. The number of amidine groups is 1. The standard InChI is InChI=1S/C17H22BrN7O/c1-17(2,10-20)11-9-13(25-5-7-26-8-6-25)24-16(14(11)15(18)22)23-12(21)3-4-19/h3-4,9,22H,5-8,19H2,1-2H3,(H2,21,23,24)/b4-3-,22-15?. The van der Waals surface area contributed by atoms with Crippen molar-refractivity contribution in [2.75, 3.05) is 31.2 Å². The summed E-state index contributed by atoms with van der Waals surface area (Å²) in [6, 6.07) is 4.13. The van der Waals surface area contributed by atoms with Crippen LogP contribution in [-0.4, -0.2) is 41.7 Å². The maximum atomic E-state index is 9.63. The summed E-state index contributed by atoms with van der Waals surface area (Å²) in [4.78, 5) is 11.0. The highest BCUT2D eigenvalue weighted by molar-refractivity contribution is 9.18. The number of hydrogen-bond acceptors (Lipinski definition) is 7. The summed E-state index contributed by atoms with van der Waals surface area (Å²) >= 11 is 3.20. The van der Waals surface area contributed by atoms with Crippen LogP contribution in [0.2, 0.25) is 0 Å². The van der Waals surface area contributed by atoms with E-state index in [1.165, 1.54) is 12.3 Å². The van der Waals surface area contributed by atoms with Crippen LogP contribution in [0.4, 0.5) is 11.6 Å². The summed E-state index contributed by atoms with van der Waals surface area (Å²) in [5.74, 6) is 1.10. The summed E-state index contributed by atoms with van der Waals surface area (Å²) in [5.41, 5.74) is 11.5. The van der Waals surface area contributed by atoms with Crippen LogP contribution in [-0.2, 0) is 10.2 Å². The van der Waals surface area contributed by atoms with Crippen molar-refractivity contribution in [3.63, 3.8) is 0 Å². The number of rotatable bonds is 5. The van der Waals surface area contributed by atoms with E-state index in [4.69, 9.17) is 21.6 Å². The van der Waals surface area contributed by atoms with Gasteiger partial charge in [-0.25, -0.2) is 9.98 Å². The summed E-state index contributed by atoms with van der Waals surface area (Å²) in [5, 5.41) is 17.7. The van der Waals surface area contributed by atoms with Gasteiger partial charge in [-0.1, -0.05) is 0 Å². The number of halogens is 1. The Hall–Kier alpha value is -2.44. The number of nitrogens with one attached hydrogen (secondary N) is 1. The molecule has 1 fully saturated rings. The topological polar surface area (TPSA) is 137 Å². The second-order valence-corrected chi connectivity index (χ2v) is 7.07. The lowest BCUT2D eigenvalue weighted by molar-refractivity contribution is 0.122. The average Bonchev–Trinajstić information content (AvgIpc) is 2.61. The van der Waals surface area contributed by atoms with Crippen molar-refractivity contribution in [1.29, 1.82) is 10.7 Å². The Kier molecular flexibility index (Phi) is 6.34. The molecule has 5 N–H and O–H groups in total. The molecular formula is C17H22BrN7O. The Labute approximate surface area is 161 Å². The van der Waals surface area contributed by atoms with E-state index in [9.17, 15) is 5.26 Å². The van der Waals surface area contributed by atoms with Gasteiger partial charge in [-0.2, -0.15) is 5.26 Å². The second-order valence-electron chi connectivity index (χ2n) is 6.27. The first-order chi connectivity index (χ1) is 12.3. The van der Waals surface area contributed by atoms with E-state index in [2.05, 4.69) is 36.9 Å². The molecule has 9 heteroatoms. The van der Waals surface area contributed by atoms with E-state index in [1.807, 2.05) is 6.07 Å². The molecule has 1 aromatic rings. The quantitative estimate of drug-likeness (QED) is 0.492. The number of aliphatic imine (C=N–C) groups is 1. The number of aromatic nitrogens is 1. The summed E-state index contributed by atoms with van der Waals surface area (Å²) in [6.07, 6.45) is 2.73. The number of morpholine rings is 1. The van der Waals surface area contributed by atoms with Crippen molar-refractivity contribution < 1.29 is 4.74 Å². The van der Waals surface area contributed by atoms with Gasteiger partial charge in [0, 0.05) is 13.1 Å². The number of pyridine rings is 1. The van der Waals surface area contributed by atoms with Crippen molar-refractivity contribution >= 4 is 38.0 Å². The molecule has 0 unspecified atom stereocenters. The van der Waals surface area contributed by atoms with Gasteiger partial charge in [0.05, 0.1) is 30.3 Å². The highest BCUT2D eigenvalue weighted by Gasteiger charge is 2.29. The fourth-order valence-electron chi connectivity index (χ4n) is 2.58. The lowest BCUT2D eigenvalue weighted by atomic mass is 9.83. The zero-order valence-corrected chi connectivity index (χ0v) is 16.4. The summed E-state index contributed by atoms with van der Waals surface area (Å²) in [6.45, 7) is 6.16. The smallest absolute Gasteiger partial charge is 0.166 e. The summed E-state index contributed by atoms with van der Waals surface area (Å²) in [7, 11) is 0. The Morgan fingerprint density at radius 2 is 2.15 bits per heavy atom. The molecule has 8 nitrogen and oxygen atoms in total. The number of ether oxygens (including phenoxy) is 1. The van der Waals surface area contributed by atoms with Crippen molar-refractivity contribution in [1.82, 2.24) is 4.98 Å². The number of nitrogens with two attached hydrogens (primary N) is 2. The Bertz CT molecular complexity index is 789. The van der Waals surface area contributed by atoms with Crippen LogP contribution in [0.3, 0.4) is 0 Å². The van der Waals surface area contributed by atoms with E-state index in [0.717, 1.165) is 0 Å². The van der Waals surface area contributed by atoms with Crippen LogP contribution in [0.25, 0.3) is 0 Å². The monoisotopic (exact) mass is 419 g/mol. The lowest BCUT2D eigenvalue weighted by Crippen LogP contribution is -2.37. The molecule has 0 bridgehead atoms. The first kappa shape index (κ1) is 19.9. The minimum Gasteiger partial charge on any atom is -0.404 e. The number of nitriles is 1. The first-order valence-corrected chi connectivity index (χ1v) is 8.85.